The number of aryl methyl sites for hydroxylation is 1. The van der Waals surface area contributed by atoms with E-state index in [1.165, 1.54) is 0 Å². The second-order valence-electron chi connectivity index (χ2n) is 5.63. The molecule has 0 aliphatic rings. The van der Waals surface area contributed by atoms with Gasteiger partial charge in [0.15, 0.2) is 0 Å². The largest absolute Gasteiger partial charge is 0.508 e. The van der Waals surface area contributed by atoms with E-state index in [1.54, 1.807) is 12.3 Å². The lowest BCUT2D eigenvalue weighted by atomic mass is 9.84. The van der Waals surface area contributed by atoms with Crippen LogP contribution in [-0.2, 0) is 5.41 Å². The molecular formula is C14H19N3O. The zero-order valence-electron chi connectivity index (χ0n) is 11.2. The molecule has 0 saturated carbocycles. The highest BCUT2D eigenvalue weighted by atomic mass is 16.3. The van der Waals surface area contributed by atoms with Crippen molar-refractivity contribution in [3.63, 3.8) is 0 Å². The summed E-state index contributed by atoms with van der Waals surface area (Å²) >= 11 is 0. The van der Waals surface area contributed by atoms with Crippen LogP contribution in [-0.4, -0.2) is 15.3 Å². The number of rotatable bonds is 1. The normalized spacial score (nSPS) is 11.8. The van der Waals surface area contributed by atoms with E-state index in [0.717, 1.165) is 22.3 Å². The smallest absolute Gasteiger partial charge is 0.126 e. The topological polar surface area (TPSA) is 74.9 Å². The zero-order valence-corrected chi connectivity index (χ0v) is 11.2. The highest BCUT2D eigenvalue weighted by Gasteiger charge is 2.20. The van der Waals surface area contributed by atoms with Gasteiger partial charge in [-0.1, -0.05) is 26.8 Å². The van der Waals surface area contributed by atoms with Crippen molar-refractivity contribution in [2.24, 2.45) is 0 Å². The van der Waals surface area contributed by atoms with Gasteiger partial charge >= 0.3 is 0 Å². The molecule has 4 nitrogen and oxygen atoms in total. The average Bonchev–Trinajstić information content (AvgIpc) is 2.66. The second kappa shape index (κ2) is 4.05. The van der Waals surface area contributed by atoms with Crippen molar-refractivity contribution in [1.29, 1.82) is 0 Å². The van der Waals surface area contributed by atoms with Crippen molar-refractivity contribution in [2.75, 3.05) is 5.73 Å². The Morgan fingerprint density at radius 2 is 1.89 bits per heavy atom. The molecule has 0 aliphatic heterocycles. The summed E-state index contributed by atoms with van der Waals surface area (Å²) in [4.78, 5) is 0. The maximum atomic E-state index is 10.2. The molecule has 1 heterocycles. The monoisotopic (exact) mass is 245 g/mol. The Morgan fingerprint density at radius 1 is 1.22 bits per heavy atom. The first kappa shape index (κ1) is 12.5. The Kier molecular flexibility index (Phi) is 2.81. The lowest BCUT2D eigenvalue weighted by Crippen LogP contribution is -2.11. The van der Waals surface area contributed by atoms with Gasteiger partial charge in [0.1, 0.15) is 11.6 Å². The Labute approximate surface area is 107 Å². The molecule has 0 bridgehead atoms. The zero-order chi connectivity index (χ0) is 13.5. The first-order chi connectivity index (χ1) is 8.30. The number of nitrogen functional groups attached to an aromatic ring is 1. The van der Waals surface area contributed by atoms with Gasteiger partial charge in [-0.25, -0.2) is 0 Å². The second-order valence-corrected chi connectivity index (χ2v) is 5.63. The minimum atomic E-state index is -0.0880. The number of benzene rings is 1. The van der Waals surface area contributed by atoms with Crippen LogP contribution in [0.25, 0.3) is 11.1 Å². The number of nitrogens with two attached hydrogens (primary N) is 1. The number of H-pyrrole nitrogens is 1. The molecule has 0 unspecified atom stereocenters. The van der Waals surface area contributed by atoms with Gasteiger partial charge in [-0.15, -0.1) is 0 Å². The van der Waals surface area contributed by atoms with E-state index in [-0.39, 0.29) is 5.41 Å². The molecule has 0 aliphatic carbocycles. The van der Waals surface area contributed by atoms with E-state index >= 15 is 0 Å². The predicted octanol–water partition coefficient (Wildman–Crippen LogP) is 2.97. The van der Waals surface area contributed by atoms with Gasteiger partial charge < -0.3 is 10.8 Å². The third-order valence-electron chi connectivity index (χ3n) is 3.11. The molecule has 1 aromatic heterocycles. The Bertz CT molecular complexity index is 579. The van der Waals surface area contributed by atoms with E-state index in [4.69, 9.17) is 5.73 Å². The number of hydrogen-bond donors (Lipinski definition) is 3. The fraction of sp³-hybridized carbons (Fsp3) is 0.357. The van der Waals surface area contributed by atoms with Crippen LogP contribution in [0.2, 0.25) is 0 Å². The maximum Gasteiger partial charge on any atom is 0.126 e. The first-order valence-electron chi connectivity index (χ1n) is 5.94. The number of aromatic amines is 1. The number of aromatic nitrogens is 2. The summed E-state index contributed by atoms with van der Waals surface area (Å²) in [5, 5.41) is 16.8. The highest BCUT2D eigenvalue weighted by molar-refractivity contribution is 5.77. The number of nitrogens with zero attached hydrogens (tertiary/aromatic N) is 1. The van der Waals surface area contributed by atoms with Crippen LogP contribution in [0, 0.1) is 6.92 Å². The summed E-state index contributed by atoms with van der Waals surface area (Å²) in [7, 11) is 0. The van der Waals surface area contributed by atoms with Gasteiger partial charge in [0.05, 0.1) is 6.20 Å². The standard InChI is InChI=1S/C14H19N3O/c1-8-5-11(14(2,3)4)12(18)6-9(8)10-7-16-17-13(10)15/h5-7,18H,1-4H3,(H3,15,16,17). The van der Waals surface area contributed by atoms with E-state index in [9.17, 15) is 5.11 Å². The number of phenolic OH excluding ortho intramolecular Hbond substituents is 1. The van der Waals surface area contributed by atoms with Crippen molar-refractivity contribution in [3.05, 3.63) is 29.5 Å². The molecule has 18 heavy (non-hydrogen) atoms. The van der Waals surface area contributed by atoms with Gasteiger partial charge in [0.25, 0.3) is 0 Å². The molecule has 0 amide bonds. The van der Waals surface area contributed by atoms with E-state index in [2.05, 4.69) is 31.0 Å². The van der Waals surface area contributed by atoms with Gasteiger partial charge in [-0.3, -0.25) is 5.10 Å². The number of phenols is 1. The lowest BCUT2D eigenvalue weighted by molar-refractivity contribution is 0.447. The van der Waals surface area contributed by atoms with Crippen LogP contribution in [0.1, 0.15) is 31.9 Å². The molecule has 2 rings (SSSR count). The Balaban J connectivity index is 2.61. The van der Waals surface area contributed by atoms with Crippen LogP contribution in [0.4, 0.5) is 5.82 Å². The molecular weight excluding hydrogens is 226 g/mol. The SMILES string of the molecule is Cc1cc(C(C)(C)C)c(O)cc1-c1cn[nH]c1N. The number of aromatic hydroxyl groups is 1. The van der Waals surface area contributed by atoms with Crippen molar-refractivity contribution in [2.45, 2.75) is 33.1 Å². The average molecular weight is 245 g/mol. The molecule has 0 atom stereocenters. The first-order valence-corrected chi connectivity index (χ1v) is 5.94. The minimum absolute atomic E-state index is 0.0880. The number of hydrogen-bond acceptors (Lipinski definition) is 3. The molecule has 0 spiro atoms. The quantitative estimate of drug-likeness (QED) is 0.723. The van der Waals surface area contributed by atoms with Crippen LogP contribution in [0.5, 0.6) is 5.75 Å². The van der Waals surface area contributed by atoms with E-state index in [1.807, 2.05) is 13.0 Å². The minimum Gasteiger partial charge on any atom is -0.508 e. The van der Waals surface area contributed by atoms with Crippen molar-refractivity contribution >= 4 is 5.82 Å². The summed E-state index contributed by atoms with van der Waals surface area (Å²) in [5.41, 5.74) is 9.47. The lowest BCUT2D eigenvalue weighted by Gasteiger charge is -2.22. The summed E-state index contributed by atoms with van der Waals surface area (Å²) < 4.78 is 0. The van der Waals surface area contributed by atoms with Crippen LogP contribution in [0.15, 0.2) is 18.3 Å². The van der Waals surface area contributed by atoms with Crippen LogP contribution >= 0.6 is 0 Å². The Morgan fingerprint density at radius 3 is 2.39 bits per heavy atom. The predicted molar refractivity (Wildman–Crippen MR) is 73.5 cm³/mol. The van der Waals surface area contributed by atoms with Gasteiger partial charge in [0, 0.05) is 5.56 Å². The van der Waals surface area contributed by atoms with Crippen LogP contribution < -0.4 is 5.73 Å². The Hall–Kier alpha value is -1.97. The number of anilines is 1. The third-order valence-corrected chi connectivity index (χ3v) is 3.11. The van der Waals surface area contributed by atoms with Crippen molar-refractivity contribution in [1.82, 2.24) is 10.2 Å². The molecule has 0 saturated heterocycles. The summed E-state index contributed by atoms with van der Waals surface area (Å²) in [6, 6.07) is 3.77. The summed E-state index contributed by atoms with van der Waals surface area (Å²) in [6.07, 6.45) is 1.67. The molecule has 4 heteroatoms. The number of nitrogens with one attached hydrogen (secondary N) is 1. The van der Waals surface area contributed by atoms with Crippen molar-refractivity contribution in [3.8, 4) is 16.9 Å². The van der Waals surface area contributed by atoms with Gasteiger partial charge in [-0.05, 0) is 35.1 Å². The van der Waals surface area contributed by atoms with Gasteiger partial charge in [0.2, 0.25) is 0 Å². The fourth-order valence-corrected chi connectivity index (χ4v) is 2.10. The third kappa shape index (κ3) is 2.06. The van der Waals surface area contributed by atoms with Crippen LogP contribution in [0.3, 0.4) is 0 Å². The molecule has 1 aromatic carbocycles. The van der Waals surface area contributed by atoms with E-state index in [0.29, 0.717) is 11.6 Å². The maximum absolute atomic E-state index is 10.2. The molecule has 2 aromatic rings. The molecule has 0 fully saturated rings. The van der Waals surface area contributed by atoms with Crippen molar-refractivity contribution < 1.29 is 5.11 Å². The molecule has 0 radical (unpaired) electrons. The summed E-state index contributed by atoms with van der Waals surface area (Å²) in [5.74, 6) is 0.810. The molecule has 4 N–H and O–H groups in total. The fourth-order valence-electron chi connectivity index (χ4n) is 2.10. The summed E-state index contributed by atoms with van der Waals surface area (Å²) in [6.45, 7) is 8.24. The van der Waals surface area contributed by atoms with Gasteiger partial charge in [-0.2, -0.15) is 5.10 Å². The highest BCUT2D eigenvalue weighted by Crippen LogP contribution is 2.37. The molecule has 96 valence electrons. The van der Waals surface area contributed by atoms with E-state index < -0.39 is 0 Å².